The van der Waals surface area contributed by atoms with Gasteiger partial charge in [-0.15, -0.1) is 0 Å². The van der Waals surface area contributed by atoms with Gasteiger partial charge in [-0.1, -0.05) is 30.3 Å². The molecule has 2 aromatic rings. The SMILES string of the molecule is OC(Cc1ccc(F)c(Br)c1)c1ccc(C(F)F)cc1. The van der Waals surface area contributed by atoms with E-state index in [9.17, 15) is 18.3 Å². The summed E-state index contributed by atoms with van der Waals surface area (Å²) in [5.74, 6) is -0.371. The van der Waals surface area contributed by atoms with Crippen molar-refractivity contribution in [2.45, 2.75) is 19.0 Å². The van der Waals surface area contributed by atoms with Gasteiger partial charge in [0.2, 0.25) is 0 Å². The molecule has 0 aliphatic heterocycles. The average molecular weight is 345 g/mol. The Morgan fingerprint density at radius 1 is 1.00 bits per heavy atom. The Balaban J connectivity index is 2.10. The van der Waals surface area contributed by atoms with Gasteiger partial charge in [-0.25, -0.2) is 13.2 Å². The van der Waals surface area contributed by atoms with Crippen LogP contribution in [0.25, 0.3) is 0 Å². The van der Waals surface area contributed by atoms with Crippen molar-refractivity contribution in [2.24, 2.45) is 0 Å². The van der Waals surface area contributed by atoms with Gasteiger partial charge in [0.05, 0.1) is 10.6 Å². The number of hydrogen-bond donors (Lipinski definition) is 1. The molecule has 0 saturated heterocycles. The molecule has 5 heteroatoms. The Morgan fingerprint density at radius 2 is 1.60 bits per heavy atom. The van der Waals surface area contributed by atoms with Crippen LogP contribution < -0.4 is 0 Å². The predicted octanol–water partition coefficient (Wildman–Crippen LogP) is 4.80. The van der Waals surface area contributed by atoms with E-state index in [1.54, 1.807) is 12.1 Å². The number of halogens is 4. The van der Waals surface area contributed by atoms with Gasteiger partial charge in [-0.2, -0.15) is 0 Å². The lowest BCUT2D eigenvalue weighted by Gasteiger charge is -2.12. The molecule has 0 amide bonds. The maximum Gasteiger partial charge on any atom is 0.263 e. The Labute approximate surface area is 123 Å². The highest BCUT2D eigenvalue weighted by Gasteiger charge is 2.12. The zero-order valence-corrected chi connectivity index (χ0v) is 11.9. The summed E-state index contributed by atoms with van der Waals surface area (Å²) >= 11 is 3.08. The van der Waals surface area contributed by atoms with Crippen LogP contribution in [0.4, 0.5) is 13.2 Å². The minimum atomic E-state index is -2.52. The van der Waals surface area contributed by atoms with E-state index in [2.05, 4.69) is 15.9 Å². The third-order valence-electron chi connectivity index (χ3n) is 2.99. The van der Waals surface area contributed by atoms with E-state index in [1.165, 1.54) is 30.3 Å². The van der Waals surface area contributed by atoms with Crippen LogP contribution >= 0.6 is 15.9 Å². The first-order valence-electron chi connectivity index (χ1n) is 5.97. The topological polar surface area (TPSA) is 20.2 Å². The summed E-state index contributed by atoms with van der Waals surface area (Å²) in [5.41, 5.74) is 1.23. The Kier molecular flexibility index (Phi) is 4.83. The van der Waals surface area contributed by atoms with Crippen LogP contribution in [0.1, 0.15) is 29.2 Å². The Bertz CT molecular complexity index is 584. The third-order valence-corrected chi connectivity index (χ3v) is 3.59. The standard InChI is InChI=1S/C15H12BrF3O/c16-12-7-9(1-6-13(12)17)8-14(20)10-2-4-11(5-3-10)15(18)19/h1-7,14-15,20H,8H2. The van der Waals surface area contributed by atoms with E-state index in [1.807, 2.05) is 0 Å². The van der Waals surface area contributed by atoms with Crippen LogP contribution in [0.5, 0.6) is 0 Å². The van der Waals surface area contributed by atoms with Gasteiger partial charge in [-0.3, -0.25) is 0 Å². The predicted molar refractivity (Wildman–Crippen MR) is 74.2 cm³/mol. The highest BCUT2D eigenvalue weighted by Crippen LogP contribution is 2.25. The van der Waals surface area contributed by atoms with Crippen LogP contribution in [0.15, 0.2) is 46.9 Å². The van der Waals surface area contributed by atoms with Gasteiger partial charge in [-0.05, 0) is 39.2 Å². The molecule has 0 aromatic heterocycles. The second-order valence-electron chi connectivity index (χ2n) is 4.44. The molecule has 1 N–H and O–H groups in total. The summed E-state index contributed by atoms with van der Waals surface area (Å²) in [4.78, 5) is 0. The number of aliphatic hydroxyl groups excluding tert-OH is 1. The molecule has 0 bridgehead atoms. The molecule has 2 rings (SSSR count). The smallest absolute Gasteiger partial charge is 0.263 e. The number of aliphatic hydroxyl groups is 1. The number of rotatable bonds is 4. The zero-order valence-electron chi connectivity index (χ0n) is 10.4. The molecular formula is C15H12BrF3O. The normalized spacial score (nSPS) is 12.7. The van der Waals surface area contributed by atoms with Crippen LogP contribution in [0, 0.1) is 5.82 Å². The van der Waals surface area contributed by atoms with E-state index in [0.717, 1.165) is 5.56 Å². The molecule has 0 fully saturated rings. The fourth-order valence-corrected chi connectivity index (χ4v) is 2.30. The highest BCUT2D eigenvalue weighted by molar-refractivity contribution is 9.10. The van der Waals surface area contributed by atoms with Crippen LogP contribution in [-0.4, -0.2) is 5.11 Å². The van der Waals surface area contributed by atoms with Crippen molar-refractivity contribution >= 4 is 15.9 Å². The van der Waals surface area contributed by atoms with E-state index in [-0.39, 0.29) is 17.8 Å². The quantitative estimate of drug-likeness (QED) is 0.844. The first kappa shape index (κ1) is 15.1. The van der Waals surface area contributed by atoms with Gasteiger partial charge in [0.15, 0.2) is 0 Å². The Hall–Kier alpha value is -1.33. The van der Waals surface area contributed by atoms with Crippen molar-refractivity contribution in [1.29, 1.82) is 0 Å². The summed E-state index contributed by atoms with van der Waals surface area (Å²) in [7, 11) is 0. The summed E-state index contributed by atoms with van der Waals surface area (Å²) < 4.78 is 38.3. The lowest BCUT2D eigenvalue weighted by molar-refractivity contribution is 0.151. The van der Waals surface area contributed by atoms with Crippen molar-refractivity contribution < 1.29 is 18.3 Å². The van der Waals surface area contributed by atoms with Gasteiger partial charge < -0.3 is 5.11 Å². The van der Waals surface area contributed by atoms with Crippen molar-refractivity contribution in [3.05, 3.63) is 69.4 Å². The summed E-state index contributed by atoms with van der Waals surface area (Å²) in [6.07, 6.45) is -3.05. The van der Waals surface area contributed by atoms with Crippen molar-refractivity contribution in [2.75, 3.05) is 0 Å². The van der Waals surface area contributed by atoms with Crippen molar-refractivity contribution in [3.63, 3.8) is 0 Å². The van der Waals surface area contributed by atoms with Gasteiger partial charge in [0, 0.05) is 12.0 Å². The molecule has 0 heterocycles. The lowest BCUT2D eigenvalue weighted by Crippen LogP contribution is -2.02. The molecule has 0 spiro atoms. The molecule has 1 atom stereocenters. The number of alkyl halides is 2. The molecule has 2 aromatic carbocycles. The summed E-state index contributed by atoms with van der Waals surface area (Å²) in [6, 6.07) is 10.0. The van der Waals surface area contributed by atoms with Gasteiger partial charge in [0.25, 0.3) is 6.43 Å². The maximum absolute atomic E-state index is 13.1. The summed E-state index contributed by atoms with van der Waals surface area (Å²) in [5, 5.41) is 10.1. The number of hydrogen-bond acceptors (Lipinski definition) is 1. The van der Waals surface area contributed by atoms with Crippen LogP contribution in [0.3, 0.4) is 0 Å². The molecule has 106 valence electrons. The molecule has 0 aliphatic rings. The molecule has 0 radical (unpaired) electrons. The molecule has 20 heavy (non-hydrogen) atoms. The maximum atomic E-state index is 13.1. The second kappa shape index (κ2) is 6.41. The molecular weight excluding hydrogens is 333 g/mol. The van der Waals surface area contributed by atoms with Gasteiger partial charge >= 0.3 is 0 Å². The van der Waals surface area contributed by atoms with E-state index in [4.69, 9.17) is 0 Å². The Morgan fingerprint density at radius 3 is 2.15 bits per heavy atom. The van der Waals surface area contributed by atoms with Crippen molar-refractivity contribution in [3.8, 4) is 0 Å². The zero-order chi connectivity index (χ0) is 14.7. The number of benzene rings is 2. The van der Waals surface area contributed by atoms with E-state index in [0.29, 0.717) is 10.0 Å². The van der Waals surface area contributed by atoms with Crippen LogP contribution in [-0.2, 0) is 6.42 Å². The second-order valence-corrected chi connectivity index (χ2v) is 5.29. The fourth-order valence-electron chi connectivity index (χ4n) is 1.87. The fraction of sp³-hybridized carbons (Fsp3) is 0.200. The van der Waals surface area contributed by atoms with Crippen LogP contribution in [0.2, 0.25) is 0 Å². The minimum absolute atomic E-state index is 0.0783. The molecule has 0 saturated carbocycles. The lowest BCUT2D eigenvalue weighted by atomic mass is 10.0. The third kappa shape index (κ3) is 3.61. The average Bonchev–Trinajstić information content (AvgIpc) is 2.43. The first-order chi connectivity index (χ1) is 9.47. The largest absolute Gasteiger partial charge is 0.388 e. The highest BCUT2D eigenvalue weighted by atomic mass is 79.9. The molecule has 0 aliphatic carbocycles. The minimum Gasteiger partial charge on any atom is -0.388 e. The monoisotopic (exact) mass is 344 g/mol. The van der Waals surface area contributed by atoms with E-state index >= 15 is 0 Å². The van der Waals surface area contributed by atoms with Crippen molar-refractivity contribution in [1.82, 2.24) is 0 Å². The summed E-state index contributed by atoms with van der Waals surface area (Å²) in [6.45, 7) is 0. The molecule has 1 nitrogen and oxygen atoms in total. The van der Waals surface area contributed by atoms with E-state index < -0.39 is 12.5 Å². The van der Waals surface area contributed by atoms with Gasteiger partial charge in [0.1, 0.15) is 5.82 Å². The first-order valence-corrected chi connectivity index (χ1v) is 6.76. The molecule has 1 unspecified atom stereocenters.